The van der Waals surface area contributed by atoms with Crippen molar-refractivity contribution in [3.05, 3.63) is 0 Å². The van der Waals surface area contributed by atoms with Crippen LogP contribution < -0.4 is 0 Å². The minimum atomic E-state index is -0.500. The van der Waals surface area contributed by atoms with Gasteiger partial charge in [-0.05, 0) is 62.3 Å². The summed E-state index contributed by atoms with van der Waals surface area (Å²) >= 11 is 0. The van der Waals surface area contributed by atoms with E-state index < -0.39 is 5.60 Å². The van der Waals surface area contributed by atoms with Crippen molar-refractivity contribution < 1.29 is 42.1 Å². The van der Waals surface area contributed by atoms with Crippen LogP contribution in [0.5, 0.6) is 0 Å². The van der Waals surface area contributed by atoms with Gasteiger partial charge in [-0.1, -0.05) is 0 Å². The first kappa shape index (κ1) is 31.1. The third-order valence-corrected chi connectivity index (χ3v) is 0. The molecule has 0 aromatic carbocycles. The van der Waals surface area contributed by atoms with Gasteiger partial charge < -0.3 is 20.4 Å². The van der Waals surface area contributed by atoms with Crippen LogP contribution in [0.4, 0.5) is 0 Å². The van der Waals surface area contributed by atoms with Crippen molar-refractivity contribution in [1.82, 2.24) is 0 Å². The Morgan fingerprint density at radius 1 is 0.611 bits per heavy atom. The fraction of sp³-hybridized carbons (Fsp3) is 1.00. The molecular weight excluding hydrogens is 268 g/mol. The molecule has 0 radical (unpaired) electrons. The Balaban J connectivity index is -0.0000000412. The maximum atomic E-state index is 8.52. The molecule has 0 aromatic rings. The summed E-state index contributed by atoms with van der Waals surface area (Å²) in [5, 5.41) is 32.7. The van der Waals surface area contributed by atoms with Gasteiger partial charge in [-0.2, -0.15) is 0 Å². The smallest absolute Gasteiger partial charge is 0.0563 e. The second-order valence-corrected chi connectivity index (χ2v) is 5.45. The van der Waals surface area contributed by atoms with Gasteiger partial charge in [-0.3, -0.25) is 0 Å². The first-order valence-corrected chi connectivity index (χ1v) is 5.96. The van der Waals surface area contributed by atoms with Crippen molar-refractivity contribution in [3.63, 3.8) is 0 Å². The molecule has 0 saturated heterocycles. The topological polar surface area (TPSA) is 80.9 Å². The summed E-state index contributed by atoms with van der Waals surface area (Å²) in [5.74, 6) is 0. The monoisotopic (exact) mass is 302 g/mol. The molecule has 0 aliphatic heterocycles. The van der Waals surface area contributed by atoms with Gasteiger partial charge in [0.15, 0.2) is 0 Å². The summed E-state index contributed by atoms with van der Waals surface area (Å²) in [6.45, 7) is 15.6. The first-order valence-electron chi connectivity index (χ1n) is 5.96. The van der Waals surface area contributed by atoms with Gasteiger partial charge >= 0.3 is 0 Å². The Labute approximate surface area is 128 Å². The van der Waals surface area contributed by atoms with Crippen LogP contribution in [0.15, 0.2) is 0 Å². The van der Waals surface area contributed by atoms with E-state index >= 15 is 0 Å². The molecule has 4 N–H and O–H groups in total. The molecule has 0 aromatic heterocycles. The van der Waals surface area contributed by atoms with E-state index in [1.807, 2.05) is 0 Å². The summed E-state index contributed by atoms with van der Waals surface area (Å²) in [6, 6.07) is 0. The average Bonchev–Trinajstić information content (AvgIpc) is 1.73. The average molecular weight is 302 g/mol. The van der Waals surface area contributed by atoms with E-state index in [1.54, 1.807) is 62.3 Å². The van der Waals surface area contributed by atoms with Crippen LogP contribution in [0.2, 0.25) is 0 Å². The molecule has 5 heteroatoms. The molecule has 0 atom stereocenters. The van der Waals surface area contributed by atoms with Crippen LogP contribution in [0.1, 0.15) is 62.3 Å². The summed E-state index contributed by atoms with van der Waals surface area (Å²) in [4.78, 5) is 0. The molecule has 18 heavy (non-hydrogen) atoms. The molecule has 4 nitrogen and oxygen atoms in total. The van der Waals surface area contributed by atoms with Gasteiger partial charge in [0, 0.05) is 40.0 Å². The third kappa shape index (κ3) is 13000. The molecular formula is C13H34O4Ti. The fourth-order valence-corrected chi connectivity index (χ4v) is 0. The molecule has 0 aliphatic carbocycles. The van der Waals surface area contributed by atoms with Gasteiger partial charge in [0.25, 0.3) is 0 Å². The summed E-state index contributed by atoms with van der Waals surface area (Å²) in [7, 11) is 0. The van der Waals surface area contributed by atoms with Crippen LogP contribution in [0.25, 0.3) is 0 Å². The molecule has 0 aliphatic rings. The van der Waals surface area contributed by atoms with Gasteiger partial charge in [0.1, 0.15) is 0 Å². The van der Waals surface area contributed by atoms with Gasteiger partial charge in [-0.15, -0.1) is 0 Å². The first-order chi connectivity index (χ1) is 7.20. The quantitative estimate of drug-likeness (QED) is 0.516. The Hall–Kier alpha value is 0.554. The summed E-state index contributed by atoms with van der Waals surface area (Å²) < 4.78 is 0. The number of aliphatic hydroxyl groups excluding tert-OH is 3. The molecule has 0 bridgehead atoms. The van der Waals surface area contributed by atoms with Gasteiger partial charge in [0.2, 0.25) is 0 Å². The van der Waals surface area contributed by atoms with Crippen molar-refractivity contribution in [1.29, 1.82) is 0 Å². The Kier molecular flexibility index (Phi) is 34.4. The zero-order valence-corrected chi connectivity index (χ0v) is 15.1. The van der Waals surface area contributed by atoms with Gasteiger partial charge in [-0.25, -0.2) is 0 Å². The molecule has 0 fully saturated rings. The second-order valence-electron chi connectivity index (χ2n) is 5.45. The minimum absolute atomic E-state index is 0. The largest absolute Gasteiger partial charge is 0.394 e. The maximum Gasteiger partial charge on any atom is 0.0563 e. The number of aliphatic hydroxyl groups is 4. The Morgan fingerprint density at radius 3 is 0.611 bits per heavy atom. The predicted octanol–water partition coefficient (Wildman–Crippen LogP) is 1.94. The molecule has 0 heterocycles. The van der Waals surface area contributed by atoms with Crippen molar-refractivity contribution in [3.8, 4) is 0 Å². The number of rotatable bonds is 0. The van der Waals surface area contributed by atoms with E-state index in [0.29, 0.717) is 0 Å². The van der Waals surface area contributed by atoms with E-state index in [1.165, 1.54) is 0 Å². The van der Waals surface area contributed by atoms with Crippen molar-refractivity contribution >= 4 is 0 Å². The van der Waals surface area contributed by atoms with E-state index in [2.05, 4.69) is 0 Å². The van der Waals surface area contributed by atoms with E-state index in [-0.39, 0.29) is 40.0 Å². The fourth-order valence-electron chi connectivity index (χ4n) is 0. The van der Waals surface area contributed by atoms with Crippen LogP contribution in [0, 0.1) is 0 Å². The second kappa shape index (κ2) is 19.9. The van der Waals surface area contributed by atoms with Crippen LogP contribution in [-0.4, -0.2) is 44.3 Å². The number of hydrogen-bond acceptors (Lipinski definition) is 4. The Morgan fingerprint density at radius 2 is 0.611 bits per heavy atom. The van der Waals surface area contributed by atoms with Crippen LogP contribution in [0.3, 0.4) is 0 Å². The molecule has 0 amide bonds. The van der Waals surface area contributed by atoms with Crippen molar-refractivity contribution in [2.45, 2.75) is 86.2 Å². The standard InChI is InChI=1S/C4H10O.3C3H8O.Ti/c1-4(2,3)5;3*1-3(2)4;/h5H,1-3H3;3*3-4H,1-2H3;. The molecule has 0 unspecified atom stereocenters. The molecule has 114 valence electrons. The zero-order valence-electron chi connectivity index (χ0n) is 13.5. The summed E-state index contributed by atoms with van der Waals surface area (Å²) in [5.41, 5.74) is -0.500. The van der Waals surface area contributed by atoms with Crippen molar-refractivity contribution in [2.75, 3.05) is 0 Å². The predicted molar refractivity (Wildman–Crippen MR) is 74.0 cm³/mol. The minimum Gasteiger partial charge on any atom is -0.394 e. The normalized spacial score (nSPS) is 9.33. The third-order valence-electron chi connectivity index (χ3n) is 0. The van der Waals surface area contributed by atoms with Crippen LogP contribution in [-0.2, 0) is 21.7 Å². The van der Waals surface area contributed by atoms with E-state index in [0.717, 1.165) is 0 Å². The number of hydrogen-bond donors (Lipinski definition) is 4. The van der Waals surface area contributed by atoms with Crippen molar-refractivity contribution in [2.24, 2.45) is 0 Å². The maximum absolute atomic E-state index is 8.52. The van der Waals surface area contributed by atoms with E-state index in [4.69, 9.17) is 20.4 Å². The molecule has 0 rings (SSSR count). The summed E-state index contributed by atoms with van der Waals surface area (Å²) in [6.07, 6.45) is -0.500. The molecule has 0 spiro atoms. The Bertz CT molecular complexity index is 92.1. The molecule has 0 saturated carbocycles. The van der Waals surface area contributed by atoms with Gasteiger partial charge in [0.05, 0.1) is 5.60 Å². The SMILES string of the molecule is CC(C)(C)O.CC(C)O.CC(C)O.CC(C)O.[Ti]. The van der Waals surface area contributed by atoms with Crippen LogP contribution >= 0.6 is 0 Å². The zero-order chi connectivity index (χ0) is 15.2. The van der Waals surface area contributed by atoms with E-state index in [9.17, 15) is 0 Å².